The average Bonchev–Trinajstić information content (AvgIpc) is 2.98. The van der Waals surface area contributed by atoms with Crippen LogP contribution >= 0.6 is 0 Å². The minimum absolute atomic E-state index is 0.171. The zero-order valence-electron chi connectivity index (χ0n) is 12.8. The Labute approximate surface area is 125 Å². The van der Waals surface area contributed by atoms with Gasteiger partial charge >= 0.3 is 0 Å². The molecule has 1 saturated carbocycles. The van der Waals surface area contributed by atoms with Crippen molar-refractivity contribution in [3.8, 4) is 17.1 Å². The molecule has 0 radical (unpaired) electrons. The van der Waals surface area contributed by atoms with E-state index in [4.69, 9.17) is 9.72 Å². The van der Waals surface area contributed by atoms with Crippen LogP contribution in [0.1, 0.15) is 57.7 Å². The van der Waals surface area contributed by atoms with Gasteiger partial charge in [-0.1, -0.05) is 31.4 Å². The number of hydrogen-bond donors (Lipinski definition) is 1. The Hall–Kier alpha value is -1.84. The Kier molecular flexibility index (Phi) is 4.23. The second-order valence-corrected chi connectivity index (χ2v) is 6.07. The van der Waals surface area contributed by atoms with Crippen molar-refractivity contribution in [1.29, 1.82) is 0 Å². The van der Waals surface area contributed by atoms with E-state index < -0.39 is 0 Å². The van der Waals surface area contributed by atoms with Crippen molar-refractivity contribution in [2.24, 2.45) is 0 Å². The second kappa shape index (κ2) is 6.29. The highest BCUT2D eigenvalue weighted by molar-refractivity contribution is 5.57. The largest absolute Gasteiger partial charge is 0.491 e. The van der Waals surface area contributed by atoms with E-state index in [9.17, 15) is 0 Å². The topological polar surface area (TPSA) is 50.8 Å². The van der Waals surface area contributed by atoms with Crippen molar-refractivity contribution in [3.63, 3.8) is 0 Å². The summed E-state index contributed by atoms with van der Waals surface area (Å²) in [6.45, 7) is 4.06. The lowest BCUT2D eigenvalue weighted by atomic mass is 9.89. The molecule has 112 valence electrons. The minimum atomic E-state index is 0.171. The van der Waals surface area contributed by atoms with Gasteiger partial charge in [0, 0.05) is 11.5 Å². The molecule has 1 aromatic carbocycles. The van der Waals surface area contributed by atoms with Crippen molar-refractivity contribution in [2.75, 3.05) is 0 Å². The van der Waals surface area contributed by atoms with E-state index in [1.54, 1.807) is 0 Å². The van der Waals surface area contributed by atoms with E-state index >= 15 is 0 Å². The highest BCUT2D eigenvalue weighted by Gasteiger charge is 2.19. The number of H-pyrrole nitrogens is 1. The zero-order chi connectivity index (χ0) is 14.7. The standard InChI is InChI=1S/C17H23N3O/c1-12(2)21-15-10-6-9-14(11-15)17-18-16(19-20-17)13-7-4-3-5-8-13/h6,9-13H,3-5,7-8H2,1-2H3,(H,18,19,20). The van der Waals surface area contributed by atoms with Crippen LogP contribution in [-0.2, 0) is 0 Å². The number of aromatic amines is 1. The Morgan fingerprint density at radius 2 is 2.00 bits per heavy atom. The van der Waals surface area contributed by atoms with Gasteiger partial charge in [0.1, 0.15) is 11.6 Å². The van der Waals surface area contributed by atoms with Crippen molar-refractivity contribution in [3.05, 3.63) is 30.1 Å². The summed E-state index contributed by atoms with van der Waals surface area (Å²) in [7, 11) is 0. The van der Waals surface area contributed by atoms with Crippen LogP contribution in [0.3, 0.4) is 0 Å². The van der Waals surface area contributed by atoms with Gasteiger partial charge < -0.3 is 4.74 Å². The summed E-state index contributed by atoms with van der Waals surface area (Å²) >= 11 is 0. The normalized spacial score (nSPS) is 16.3. The summed E-state index contributed by atoms with van der Waals surface area (Å²) in [5.74, 6) is 3.23. The maximum absolute atomic E-state index is 5.73. The molecule has 4 nitrogen and oxygen atoms in total. The lowest BCUT2D eigenvalue weighted by Gasteiger charge is -2.18. The number of nitrogens with zero attached hydrogens (tertiary/aromatic N) is 2. The summed E-state index contributed by atoms with van der Waals surface area (Å²) in [6, 6.07) is 8.00. The molecule has 4 heteroatoms. The molecule has 1 aromatic heterocycles. The van der Waals surface area contributed by atoms with E-state index in [1.807, 2.05) is 38.1 Å². The summed E-state index contributed by atoms with van der Waals surface area (Å²) in [5.41, 5.74) is 1.01. The lowest BCUT2D eigenvalue weighted by molar-refractivity contribution is 0.242. The SMILES string of the molecule is CC(C)Oc1cccc(-c2n[nH]c(C3CCCCC3)n2)c1. The molecule has 0 saturated heterocycles. The van der Waals surface area contributed by atoms with Crippen molar-refractivity contribution in [1.82, 2.24) is 15.2 Å². The highest BCUT2D eigenvalue weighted by atomic mass is 16.5. The fourth-order valence-corrected chi connectivity index (χ4v) is 2.94. The molecule has 3 rings (SSSR count). The van der Waals surface area contributed by atoms with E-state index in [0.717, 1.165) is 23.0 Å². The molecule has 1 N–H and O–H groups in total. The van der Waals surface area contributed by atoms with Gasteiger partial charge in [0.15, 0.2) is 5.82 Å². The average molecular weight is 285 g/mol. The molecule has 0 atom stereocenters. The van der Waals surface area contributed by atoms with E-state index in [1.165, 1.54) is 32.1 Å². The van der Waals surface area contributed by atoms with Gasteiger partial charge in [0.2, 0.25) is 0 Å². The molecule has 1 aliphatic carbocycles. The molecule has 0 amide bonds. The number of hydrogen-bond acceptors (Lipinski definition) is 3. The Morgan fingerprint density at radius 1 is 1.19 bits per heavy atom. The first-order chi connectivity index (χ1) is 10.2. The van der Waals surface area contributed by atoms with Crippen LogP contribution in [0, 0.1) is 0 Å². The van der Waals surface area contributed by atoms with Crippen molar-refractivity contribution < 1.29 is 4.74 Å². The van der Waals surface area contributed by atoms with Gasteiger partial charge in [-0.15, -0.1) is 0 Å². The first-order valence-corrected chi connectivity index (χ1v) is 7.92. The molecule has 1 heterocycles. The zero-order valence-corrected chi connectivity index (χ0v) is 12.8. The molecule has 1 aliphatic rings. The molecule has 0 spiro atoms. The van der Waals surface area contributed by atoms with Crippen LogP contribution in [0.25, 0.3) is 11.4 Å². The number of ether oxygens (including phenoxy) is 1. The van der Waals surface area contributed by atoms with Crippen molar-refractivity contribution in [2.45, 2.75) is 58.0 Å². The van der Waals surface area contributed by atoms with Crippen LogP contribution in [-0.4, -0.2) is 21.3 Å². The third kappa shape index (κ3) is 3.43. The van der Waals surface area contributed by atoms with Crippen LogP contribution in [0.15, 0.2) is 24.3 Å². The summed E-state index contributed by atoms with van der Waals surface area (Å²) in [6.07, 6.45) is 6.59. The predicted molar refractivity (Wildman–Crippen MR) is 83.4 cm³/mol. The van der Waals surface area contributed by atoms with Gasteiger partial charge in [0.25, 0.3) is 0 Å². The van der Waals surface area contributed by atoms with Crippen LogP contribution in [0.4, 0.5) is 0 Å². The van der Waals surface area contributed by atoms with Crippen molar-refractivity contribution >= 4 is 0 Å². The minimum Gasteiger partial charge on any atom is -0.491 e. The maximum atomic E-state index is 5.73. The molecule has 2 aromatic rings. The van der Waals surface area contributed by atoms with E-state index in [2.05, 4.69) is 10.2 Å². The Balaban J connectivity index is 1.79. The summed E-state index contributed by atoms with van der Waals surface area (Å²) in [5, 5.41) is 7.52. The molecule has 0 aliphatic heterocycles. The number of benzene rings is 1. The van der Waals surface area contributed by atoms with Gasteiger partial charge in [-0.3, -0.25) is 5.10 Å². The predicted octanol–water partition coefficient (Wildman–Crippen LogP) is 4.31. The fraction of sp³-hybridized carbons (Fsp3) is 0.529. The molecule has 21 heavy (non-hydrogen) atoms. The maximum Gasteiger partial charge on any atom is 0.181 e. The van der Waals surface area contributed by atoms with Gasteiger partial charge in [-0.25, -0.2) is 4.98 Å². The Morgan fingerprint density at radius 3 is 2.76 bits per heavy atom. The molecular weight excluding hydrogens is 262 g/mol. The highest BCUT2D eigenvalue weighted by Crippen LogP contribution is 2.31. The monoisotopic (exact) mass is 285 g/mol. The van der Waals surface area contributed by atoms with Gasteiger partial charge in [0.05, 0.1) is 6.10 Å². The smallest absolute Gasteiger partial charge is 0.181 e. The van der Waals surface area contributed by atoms with E-state index in [-0.39, 0.29) is 6.10 Å². The van der Waals surface area contributed by atoms with E-state index in [0.29, 0.717) is 5.92 Å². The molecule has 1 fully saturated rings. The van der Waals surface area contributed by atoms with Crippen LogP contribution < -0.4 is 4.74 Å². The number of aromatic nitrogens is 3. The van der Waals surface area contributed by atoms with Crippen LogP contribution in [0.5, 0.6) is 5.75 Å². The first kappa shape index (κ1) is 14.1. The lowest BCUT2D eigenvalue weighted by Crippen LogP contribution is -2.06. The third-order valence-electron chi connectivity index (χ3n) is 3.96. The quantitative estimate of drug-likeness (QED) is 0.910. The molecule has 0 bridgehead atoms. The summed E-state index contributed by atoms with van der Waals surface area (Å²) < 4.78 is 5.73. The fourth-order valence-electron chi connectivity index (χ4n) is 2.94. The number of nitrogens with one attached hydrogen (secondary N) is 1. The van der Waals surface area contributed by atoms with Gasteiger partial charge in [-0.2, -0.15) is 5.10 Å². The second-order valence-electron chi connectivity index (χ2n) is 6.07. The van der Waals surface area contributed by atoms with Crippen LogP contribution in [0.2, 0.25) is 0 Å². The molecular formula is C17H23N3O. The number of rotatable bonds is 4. The first-order valence-electron chi connectivity index (χ1n) is 7.92. The van der Waals surface area contributed by atoms with Gasteiger partial charge in [-0.05, 0) is 38.8 Å². The summed E-state index contributed by atoms with van der Waals surface area (Å²) in [4.78, 5) is 4.70. The Bertz CT molecular complexity index is 585. The molecule has 0 unspecified atom stereocenters. The third-order valence-corrected chi connectivity index (χ3v) is 3.96.